The van der Waals surface area contributed by atoms with Gasteiger partial charge in [-0.15, -0.1) is 6.42 Å². The number of carbonyl (C=O) groups is 2. The molecular formula is C18H19F2NO4. The summed E-state index contributed by atoms with van der Waals surface area (Å²) in [6, 6.07) is 1.73. The lowest BCUT2D eigenvalue weighted by molar-refractivity contribution is -0.160. The van der Waals surface area contributed by atoms with Gasteiger partial charge in [0.25, 0.3) is 5.91 Å². The van der Waals surface area contributed by atoms with Crippen LogP contribution in [0.25, 0.3) is 0 Å². The van der Waals surface area contributed by atoms with E-state index in [2.05, 4.69) is 11.2 Å². The van der Waals surface area contributed by atoms with Crippen LogP contribution in [0.2, 0.25) is 0 Å². The van der Waals surface area contributed by atoms with E-state index in [0.717, 1.165) is 18.6 Å². The smallest absolute Gasteiger partial charge is 0.313 e. The molecule has 0 saturated heterocycles. The zero-order valence-corrected chi connectivity index (χ0v) is 13.9. The third kappa shape index (κ3) is 4.08. The van der Waals surface area contributed by atoms with E-state index in [9.17, 15) is 18.4 Å². The van der Waals surface area contributed by atoms with Gasteiger partial charge in [0.2, 0.25) is 0 Å². The van der Waals surface area contributed by atoms with Crippen LogP contribution in [0.4, 0.5) is 8.78 Å². The summed E-state index contributed by atoms with van der Waals surface area (Å²) >= 11 is 0. The Hall–Kier alpha value is -2.62. The largest absolute Gasteiger partial charge is 0.475 e. The van der Waals surface area contributed by atoms with Crippen LogP contribution in [0.3, 0.4) is 0 Å². The highest BCUT2D eigenvalue weighted by Gasteiger charge is 2.45. The Labute approximate surface area is 144 Å². The maximum Gasteiger partial charge on any atom is 0.313 e. The fourth-order valence-electron chi connectivity index (χ4n) is 2.64. The van der Waals surface area contributed by atoms with Gasteiger partial charge in [-0.1, -0.05) is 12.3 Å². The molecular weight excluding hydrogens is 332 g/mol. The molecule has 1 N–H and O–H groups in total. The molecule has 0 bridgehead atoms. The van der Waals surface area contributed by atoms with Crippen LogP contribution in [0.1, 0.15) is 36.5 Å². The van der Waals surface area contributed by atoms with Gasteiger partial charge in [0.1, 0.15) is 6.61 Å². The third-order valence-electron chi connectivity index (χ3n) is 4.17. The first-order valence-electron chi connectivity index (χ1n) is 7.94. The molecule has 1 aromatic carbocycles. The molecule has 1 aliphatic carbocycles. The number of halogens is 2. The number of rotatable bonds is 7. The summed E-state index contributed by atoms with van der Waals surface area (Å²) in [6.45, 7) is 1.73. The summed E-state index contributed by atoms with van der Waals surface area (Å²) in [5, 5.41) is 2.55. The second-order valence-corrected chi connectivity index (χ2v) is 5.80. The lowest BCUT2D eigenvalue weighted by atomic mass is 9.68. The van der Waals surface area contributed by atoms with Gasteiger partial charge >= 0.3 is 5.97 Å². The van der Waals surface area contributed by atoms with E-state index in [0.29, 0.717) is 12.8 Å². The van der Waals surface area contributed by atoms with Crippen LogP contribution in [-0.4, -0.2) is 31.6 Å². The minimum absolute atomic E-state index is 0.0588. The Morgan fingerprint density at radius 3 is 2.44 bits per heavy atom. The average Bonchev–Trinajstić information content (AvgIpc) is 2.53. The molecule has 5 nitrogen and oxygen atoms in total. The molecule has 7 heteroatoms. The number of carbonyl (C=O) groups excluding carboxylic acids is 2. The highest BCUT2D eigenvalue weighted by Crippen LogP contribution is 2.41. The van der Waals surface area contributed by atoms with Gasteiger partial charge in [0, 0.05) is 12.1 Å². The molecule has 0 aromatic heterocycles. The van der Waals surface area contributed by atoms with Crippen LogP contribution in [0.5, 0.6) is 5.75 Å². The topological polar surface area (TPSA) is 64.6 Å². The van der Waals surface area contributed by atoms with Crippen LogP contribution < -0.4 is 10.1 Å². The van der Waals surface area contributed by atoms with Gasteiger partial charge in [-0.25, -0.2) is 8.78 Å². The van der Waals surface area contributed by atoms with Crippen molar-refractivity contribution in [3.8, 4) is 18.1 Å². The van der Waals surface area contributed by atoms with Crippen molar-refractivity contribution in [1.29, 1.82) is 0 Å². The minimum atomic E-state index is -1.02. The number of benzene rings is 1. The van der Waals surface area contributed by atoms with Crippen LogP contribution in [0.15, 0.2) is 12.1 Å². The molecule has 25 heavy (non-hydrogen) atoms. The minimum Gasteiger partial charge on any atom is -0.475 e. The first-order chi connectivity index (χ1) is 11.9. The van der Waals surface area contributed by atoms with E-state index in [1.54, 1.807) is 6.92 Å². The summed E-state index contributed by atoms with van der Waals surface area (Å²) in [5.41, 5.74) is -0.958. The molecule has 0 radical (unpaired) electrons. The second-order valence-electron chi connectivity index (χ2n) is 5.80. The molecule has 1 amide bonds. The maximum atomic E-state index is 13.9. The fourth-order valence-corrected chi connectivity index (χ4v) is 2.64. The Morgan fingerprint density at radius 2 is 1.96 bits per heavy atom. The van der Waals surface area contributed by atoms with Crippen LogP contribution >= 0.6 is 0 Å². The number of amides is 1. The Morgan fingerprint density at radius 1 is 1.32 bits per heavy atom. The van der Waals surface area contributed by atoms with Crippen molar-refractivity contribution in [3.05, 3.63) is 29.3 Å². The van der Waals surface area contributed by atoms with E-state index in [-0.39, 0.29) is 31.3 Å². The zero-order chi connectivity index (χ0) is 18.4. The summed E-state index contributed by atoms with van der Waals surface area (Å²) in [7, 11) is 0. The van der Waals surface area contributed by atoms with Crippen molar-refractivity contribution in [2.75, 3.05) is 19.8 Å². The normalized spacial score (nSPS) is 14.8. The molecule has 0 atom stereocenters. The van der Waals surface area contributed by atoms with Gasteiger partial charge in [-0.2, -0.15) is 0 Å². The number of esters is 1. The molecule has 1 aromatic rings. The monoisotopic (exact) mass is 351 g/mol. The molecule has 0 heterocycles. The van der Waals surface area contributed by atoms with Gasteiger partial charge in [0.15, 0.2) is 17.4 Å². The number of hydrogen-bond donors (Lipinski definition) is 1. The van der Waals surface area contributed by atoms with Crippen molar-refractivity contribution in [2.45, 2.75) is 26.2 Å². The van der Waals surface area contributed by atoms with Crippen molar-refractivity contribution in [1.82, 2.24) is 5.32 Å². The van der Waals surface area contributed by atoms with Gasteiger partial charge < -0.3 is 14.8 Å². The summed E-state index contributed by atoms with van der Waals surface area (Å²) in [5.74, 6) is -1.62. The molecule has 1 fully saturated rings. The fraction of sp³-hybridized carbons (Fsp3) is 0.444. The highest BCUT2D eigenvalue weighted by atomic mass is 19.1. The molecule has 134 valence electrons. The quantitative estimate of drug-likeness (QED) is 0.605. The standard InChI is InChI=1S/C18H19F2NO4/c1-3-8-25-15-13(19)9-12(10-14(15)20)16(22)21-11-18(6-5-7-18)17(23)24-4-2/h1,9-10H,4-8,11H2,2H3,(H,21,22). The predicted octanol–water partition coefficient (Wildman–Crippen LogP) is 2.44. The van der Waals surface area contributed by atoms with E-state index in [4.69, 9.17) is 15.9 Å². The first kappa shape index (κ1) is 18.7. The van der Waals surface area contributed by atoms with Crippen molar-refractivity contribution < 1.29 is 27.8 Å². The molecule has 0 unspecified atom stereocenters. The number of ether oxygens (including phenoxy) is 2. The van der Waals surface area contributed by atoms with E-state index in [1.165, 1.54) is 0 Å². The molecule has 1 saturated carbocycles. The highest BCUT2D eigenvalue weighted by molar-refractivity contribution is 5.94. The Balaban J connectivity index is 2.06. The lowest BCUT2D eigenvalue weighted by Crippen LogP contribution is -2.48. The van der Waals surface area contributed by atoms with Gasteiger partial charge in [-0.3, -0.25) is 9.59 Å². The lowest BCUT2D eigenvalue weighted by Gasteiger charge is -2.39. The SMILES string of the molecule is C#CCOc1c(F)cc(C(=O)NCC2(C(=O)OCC)CCC2)cc1F. The Kier molecular flexibility index (Phi) is 5.97. The molecule has 1 aliphatic rings. The summed E-state index contributed by atoms with van der Waals surface area (Å²) in [4.78, 5) is 24.2. The van der Waals surface area contributed by atoms with Crippen molar-refractivity contribution in [2.24, 2.45) is 5.41 Å². The third-order valence-corrected chi connectivity index (χ3v) is 4.17. The van der Waals surface area contributed by atoms with Crippen LogP contribution in [0, 0.1) is 29.4 Å². The van der Waals surface area contributed by atoms with Gasteiger partial charge in [-0.05, 0) is 31.9 Å². The van der Waals surface area contributed by atoms with Crippen molar-refractivity contribution >= 4 is 11.9 Å². The second kappa shape index (κ2) is 7.97. The van der Waals surface area contributed by atoms with Crippen LogP contribution in [-0.2, 0) is 9.53 Å². The van der Waals surface area contributed by atoms with E-state index in [1.807, 2.05) is 0 Å². The first-order valence-corrected chi connectivity index (χ1v) is 7.94. The zero-order valence-electron chi connectivity index (χ0n) is 13.9. The summed E-state index contributed by atoms with van der Waals surface area (Å²) < 4.78 is 37.6. The van der Waals surface area contributed by atoms with E-state index >= 15 is 0 Å². The summed E-state index contributed by atoms with van der Waals surface area (Å²) in [6.07, 6.45) is 7.05. The molecule has 0 spiro atoms. The number of terminal acetylenes is 1. The predicted molar refractivity (Wildman–Crippen MR) is 85.9 cm³/mol. The molecule has 0 aliphatic heterocycles. The van der Waals surface area contributed by atoms with E-state index < -0.39 is 28.7 Å². The number of nitrogens with one attached hydrogen (secondary N) is 1. The Bertz CT molecular complexity index is 685. The molecule has 2 rings (SSSR count). The number of hydrogen-bond acceptors (Lipinski definition) is 4. The average molecular weight is 351 g/mol. The van der Waals surface area contributed by atoms with Crippen molar-refractivity contribution in [3.63, 3.8) is 0 Å². The maximum absolute atomic E-state index is 13.9. The van der Waals surface area contributed by atoms with Gasteiger partial charge in [0.05, 0.1) is 12.0 Å².